The van der Waals surface area contributed by atoms with Gasteiger partial charge in [0.1, 0.15) is 0 Å². The summed E-state index contributed by atoms with van der Waals surface area (Å²) in [6.07, 6.45) is 5.95. The van der Waals surface area contributed by atoms with Crippen molar-refractivity contribution < 1.29 is 18.7 Å². The van der Waals surface area contributed by atoms with E-state index in [-0.39, 0.29) is 18.4 Å². The summed E-state index contributed by atoms with van der Waals surface area (Å²) < 4.78 is 26.5. The van der Waals surface area contributed by atoms with E-state index < -0.39 is 29.1 Å². The van der Waals surface area contributed by atoms with Crippen LogP contribution in [-0.4, -0.2) is 54.1 Å². The molecule has 1 saturated heterocycles. The third-order valence-electron chi connectivity index (χ3n) is 7.99. The number of likely N-dealkylation sites (tertiary alicyclic amines) is 1. The number of carbonyl (C=O) groups is 2. The molecule has 0 aromatic rings. The van der Waals surface area contributed by atoms with E-state index in [2.05, 4.69) is 5.32 Å². The van der Waals surface area contributed by atoms with Crippen LogP contribution in [0.3, 0.4) is 0 Å². The summed E-state index contributed by atoms with van der Waals surface area (Å²) in [5.41, 5.74) is 3.94. The van der Waals surface area contributed by atoms with Gasteiger partial charge in [0.15, 0.2) is 0 Å². The maximum absolute atomic E-state index is 15.4. The summed E-state index contributed by atoms with van der Waals surface area (Å²) in [4.78, 5) is 27.2. The number of hydrogen-bond acceptors (Lipinski definition) is 4. The molecule has 0 aromatic carbocycles. The molecule has 8 heteroatoms. The van der Waals surface area contributed by atoms with Crippen LogP contribution in [0.5, 0.6) is 0 Å². The zero-order chi connectivity index (χ0) is 19.0. The first-order valence-electron chi connectivity index (χ1n) is 10.3. The number of rotatable bonds is 6. The average Bonchev–Trinajstić information content (AvgIpc) is 3.22. The monoisotopic (exact) mass is 375 g/mol. The number of nitrogens with one attached hydrogen (secondary N) is 1. The van der Waals surface area contributed by atoms with Crippen LogP contribution in [0, 0.1) is 23.2 Å². The second-order valence-corrected chi connectivity index (χ2v) is 9.94. The molecular weight excluding hydrogens is 348 g/mol. The Bertz CT molecular complexity index is 690. The number of piperidine rings is 1. The molecule has 3 N–H and O–H groups in total. The quantitative estimate of drug-likeness (QED) is 0.670. The summed E-state index contributed by atoms with van der Waals surface area (Å²) in [6.45, 7) is 0. The van der Waals surface area contributed by atoms with Gasteiger partial charge in [-0.3, -0.25) is 0 Å². The summed E-state index contributed by atoms with van der Waals surface area (Å²) in [6, 6.07) is -1.08. The van der Waals surface area contributed by atoms with Crippen LogP contribution in [0.4, 0.5) is 4.39 Å². The predicted molar refractivity (Wildman–Crippen MR) is 95.5 cm³/mol. The number of nitrogens with two attached hydrogens (primary N) is 1. The van der Waals surface area contributed by atoms with E-state index in [1.807, 2.05) is 0 Å². The first kappa shape index (κ1) is 17.8. The second-order valence-electron chi connectivity index (χ2n) is 9.94. The first-order chi connectivity index (χ1) is 12.8. The SMILES string of the molecule is NC(=O)[C@@H]1CC2CC2N1C(=O)[C@@H](NCB=O)C12CC3CC(CC(F)(C3)C1)C2. The predicted octanol–water partition coefficient (Wildman–Crippen LogP) is 0.735. The van der Waals surface area contributed by atoms with Gasteiger partial charge in [-0.2, -0.15) is 0 Å². The van der Waals surface area contributed by atoms with Crippen LogP contribution in [0.2, 0.25) is 0 Å². The van der Waals surface area contributed by atoms with Crippen molar-refractivity contribution in [3.8, 4) is 0 Å². The third-order valence-corrected chi connectivity index (χ3v) is 7.99. The molecular formula is C19H27BFN3O3. The van der Waals surface area contributed by atoms with Crippen molar-refractivity contribution >= 4 is 19.0 Å². The van der Waals surface area contributed by atoms with E-state index in [1.54, 1.807) is 4.90 Å². The van der Waals surface area contributed by atoms with Crippen molar-refractivity contribution in [2.75, 3.05) is 6.44 Å². The number of halogens is 1. The van der Waals surface area contributed by atoms with Gasteiger partial charge in [-0.25, -0.2) is 0 Å². The Hall–Kier alpha value is -1.31. The molecule has 0 spiro atoms. The molecule has 0 aromatic heterocycles. The minimum absolute atomic E-state index is 0.0654. The zero-order valence-corrected chi connectivity index (χ0v) is 15.5. The van der Waals surface area contributed by atoms with Crippen LogP contribution in [0.25, 0.3) is 0 Å². The van der Waals surface area contributed by atoms with Crippen LogP contribution in [-0.2, 0) is 14.3 Å². The fraction of sp³-hybridized carbons (Fsp3) is 0.895. The van der Waals surface area contributed by atoms with E-state index in [0.717, 1.165) is 32.8 Å². The van der Waals surface area contributed by atoms with Gasteiger partial charge in [-0.05, 0) is 0 Å². The number of hydrogen-bond donors (Lipinski definition) is 2. The molecule has 5 aliphatic carbocycles. The third kappa shape index (κ3) is 2.70. The Balaban J connectivity index is 1.47. The van der Waals surface area contributed by atoms with E-state index in [0.29, 0.717) is 43.4 Å². The summed E-state index contributed by atoms with van der Waals surface area (Å²) >= 11 is 0. The fourth-order valence-electron chi connectivity index (χ4n) is 7.47. The van der Waals surface area contributed by atoms with Gasteiger partial charge in [0.2, 0.25) is 0 Å². The van der Waals surface area contributed by atoms with Crippen LogP contribution < -0.4 is 11.1 Å². The van der Waals surface area contributed by atoms with E-state index in [9.17, 15) is 14.3 Å². The molecule has 6 aliphatic rings. The number of alkyl halides is 1. The van der Waals surface area contributed by atoms with Crippen molar-refractivity contribution in [1.82, 2.24) is 10.2 Å². The second kappa shape index (κ2) is 5.85. The fourth-order valence-corrected chi connectivity index (χ4v) is 7.47. The summed E-state index contributed by atoms with van der Waals surface area (Å²) in [7, 11) is 0.751. The molecule has 4 unspecified atom stereocenters. The molecule has 1 aliphatic heterocycles. The molecule has 27 heavy (non-hydrogen) atoms. The Morgan fingerprint density at radius 1 is 1.19 bits per heavy atom. The maximum atomic E-state index is 15.4. The van der Waals surface area contributed by atoms with Crippen LogP contribution in [0.15, 0.2) is 0 Å². The van der Waals surface area contributed by atoms with Crippen molar-refractivity contribution in [2.24, 2.45) is 28.9 Å². The van der Waals surface area contributed by atoms with Gasteiger partial charge in [0, 0.05) is 0 Å². The van der Waals surface area contributed by atoms with Gasteiger partial charge < -0.3 is 0 Å². The Morgan fingerprint density at radius 3 is 2.48 bits per heavy atom. The molecule has 6 nitrogen and oxygen atoms in total. The van der Waals surface area contributed by atoms with Gasteiger partial charge >= 0.3 is 158 Å². The molecule has 6 atom stereocenters. The first-order valence-corrected chi connectivity index (χ1v) is 10.3. The molecule has 6 fully saturated rings. The summed E-state index contributed by atoms with van der Waals surface area (Å²) in [5.74, 6) is 0.406. The number of fused-ring (bicyclic) bond motifs is 1. The minimum atomic E-state index is -1.18. The van der Waals surface area contributed by atoms with Gasteiger partial charge in [0.25, 0.3) is 0 Å². The molecule has 4 bridgehead atoms. The number of amides is 2. The Kier molecular flexibility index (Phi) is 3.85. The molecule has 6 rings (SSSR count). The normalized spacial score (nSPS) is 47.4. The van der Waals surface area contributed by atoms with E-state index in [1.165, 1.54) is 0 Å². The molecule has 2 amide bonds. The van der Waals surface area contributed by atoms with Crippen molar-refractivity contribution in [3.63, 3.8) is 0 Å². The molecule has 0 radical (unpaired) electrons. The van der Waals surface area contributed by atoms with E-state index in [4.69, 9.17) is 5.73 Å². The zero-order valence-electron chi connectivity index (χ0n) is 15.5. The number of carbonyl (C=O) groups excluding carboxylic acids is 2. The molecule has 146 valence electrons. The topological polar surface area (TPSA) is 92.5 Å². The van der Waals surface area contributed by atoms with Crippen molar-refractivity contribution in [3.05, 3.63) is 0 Å². The van der Waals surface area contributed by atoms with Crippen molar-refractivity contribution in [2.45, 2.75) is 75.2 Å². The molecule has 1 heterocycles. The van der Waals surface area contributed by atoms with Gasteiger partial charge in [-0.15, -0.1) is 0 Å². The van der Waals surface area contributed by atoms with Gasteiger partial charge in [0.05, 0.1) is 0 Å². The summed E-state index contributed by atoms with van der Waals surface area (Å²) in [5, 5.41) is 3.14. The van der Waals surface area contributed by atoms with Crippen molar-refractivity contribution in [1.29, 1.82) is 0 Å². The van der Waals surface area contributed by atoms with E-state index >= 15 is 4.39 Å². The number of nitrogens with zero attached hydrogens (tertiary/aromatic N) is 1. The van der Waals surface area contributed by atoms with Gasteiger partial charge in [-0.1, -0.05) is 0 Å². The Labute approximate surface area is 159 Å². The standard InChI is InChI=1S/C19H27BFN3O3/c21-19-6-10-1-11(7-19)5-18(4-10,8-19)15(23-9-20-27)17(26)24-13-2-12(13)3-14(24)16(22)25/h10-15,23H,1-9H2,(H2,22,25)/t10?,11?,12?,13?,14-,15+,18?,19?/m0/s1. The van der Waals surface area contributed by atoms with Crippen LogP contribution >= 0.6 is 0 Å². The average molecular weight is 375 g/mol. The number of primary amides is 1. The van der Waals surface area contributed by atoms with Crippen LogP contribution in [0.1, 0.15) is 51.4 Å². The Morgan fingerprint density at radius 2 is 1.89 bits per heavy atom. The molecule has 5 saturated carbocycles.